The molecule has 0 amide bonds. The average Bonchev–Trinajstić information content (AvgIpc) is 3.30. The molecule has 2 N–H and O–H groups in total. The number of nitrogens with one attached hydrogen (secondary N) is 2. The van der Waals surface area contributed by atoms with Gasteiger partial charge in [0, 0.05) is 35.9 Å². The van der Waals surface area contributed by atoms with Crippen LogP contribution in [0.1, 0.15) is 11.1 Å². The summed E-state index contributed by atoms with van der Waals surface area (Å²) in [5, 5.41) is 0. The van der Waals surface area contributed by atoms with Gasteiger partial charge in [-0.25, -0.2) is 9.97 Å². The second-order valence-electron chi connectivity index (χ2n) is 5.45. The minimum absolute atomic E-state index is 0.902. The van der Waals surface area contributed by atoms with Crippen molar-refractivity contribution in [2.24, 2.45) is 0 Å². The van der Waals surface area contributed by atoms with E-state index in [4.69, 9.17) is 0 Å². The normalized spacial score (nSPS) is 10.8. The van der Waals surface area contributed by atoms with Gasteiger partial charge in [0.05, 0.1) is 0 Å². The zero-order valence-corrected chi connectivity index (χ0v) is 12.5. The van der Waals surface area contributed by atoms with E-state index in [1.807, 2.05) is 12.4 Å². The van der Waals surface area contributed by atoms with Gasteiger partial charge in [0.2, 0.25) is 0 Å². The highest BCUT2D eigenvalue weighted by atomic mass is 14.9. The van der Waals surface area contributed by atoms with E-state index in [9.17, 15) is 0 Å². The molecule has 0 atom stereocenters. The Hall–Kier alpha value is -3.14. The van der Waals surface area contributed by atoms with Crippen molar-refractivity contribution < 1.29 is 0 Å². The van der Waals surface area contributed by atoms with Gasteiger partial charge in [0.15, 0.2) is 0 Å². The van der Waals surface area contributed by atoms with E-state index in [0.717, 1.165) is 29.2 Å². The molecule has 0 aliphatic carbocycles. The molecular formula is C19H16N4. The Balaban J connectivity index is 1.49. The molecule has 0 fully saturated rings. The lowest BCUT2D eigenvalue weighted by atomic mass is 10.0. The molecule has 4 nitrogen and oxygen atoms in total. The Morgan fingerprint density at radius 2 is 1.04 bits per heavy atom. The lowest BCUT2D eigenvalue weighted by molar-refractivity contribution is 1.19. The summed E-state index contributed by atoms with van der Waals surface area (Å²) in [6.07, 6.45) is 8.12. The fraction of sp³-hybridized carbons (Fsp3) is 0.0526. The van der Waals surface area contributed by atoms with Crippen LogP contribution in [0.3, 0.4) is 0 Å². The summed E-state index contributed by atoms with van der Waals surface area (Å²) in [7, 11) is 0. The Morgan fingerprint density at radius 1 is 0.609 bits per heavy atom. The van der Waals surface area contributed by atoms with Crippen molar-refractivity contribution in [3.8, 4) is 22.8 Å². The minimum atomic E-state index is 0.902. The lowest BCUT2D eigenvalue weighted by Gasteiger charge is -2.05. The number of aromatic nitrogens is 4. The second-order valence-corrected chi connectivity index (χ2v) is 5.45. The molecule has 0 spiro atoms. The molecule has 0 aliphatic heterocycles. The van der Waals surface area contributed by atoms with Crippen LogP contribution in [0.5, 0.6) is 0 Å². The predicted molar refractivity (Wildman–Crippen MR) is 90.9 cm³/mol. The maximum absolute atomic E-state index is 4.27. The molecule has 2 heterocycles. The second kappa shape index (κ2) is 5.93. The topological polar surface area (TPSA) is 57.4 Å². The smallest absolute Gasteiger partial charge is 0.137 e. The molecule has 2 aromatic heterocycles. The van der Waals surface area contributed by atoms with Gasteiger partial charge in [-0.15, -0.1) is 0 Å². The van der Waals surface area contributed by atoms with Gasteiger partial charge in [-0.3, -0.25) is 0 Å². The predicted octanol–water partition coefficient (Wildman–Crippen LogP) is 4.06. The average molecular weight is 300 g/mol. The van der Waals surface area contributed by atoms with Crippen molar-refractivity contribution >= 4 is 0 Å². The van der Waals surface area contributed by atoms with E-state index in [2.05, 4.69) is 68.5 Å². The fourth-order valence-corrected chi connectivity index (χ4v) is 2.64. The summed E-state index contributed by atoms with van der Waals surface area (Å²) in [6, 6.07) is 17.0. The van der Waals surface area contributed by atoms with E-state index in [0.29, 0.717) is 0 Å². The molecule has 0 radical (unpaired) electrons. The summed E-state index contributed by atoms with van der Waals surface area (Å²) in [4.78, 5) is 14.8. The van der Waals surface area contributed by atoms with Crippen LogP contribution >= 0.6 is 0 Å². The van der Waals surface area contributed by atoms with Crippen LogP contribution in [0.2, 0.25) is 0 Å². The first kappa shape index (κ1) is 13.5. The highest BCUT2D eigenvalue weighted by molar-refractivity contribution is 5.56. The third kappa shape index (κ3) is 2.92. The van der Waals surface area contributed by atoms with Gasteiger partial charge in [0.25, 0.3) is 0 Å². The van der Waals surface area contributed by atoms with Crippen LogP contribution in [-0.4, -0.2) is 19.9 Å². The van der Waals surface area contributed by atoms with Gasteiger partial charge in [-0.1, -0.05) is 48.5 Å². The maximum atomic E-state index is 4.27. The molecule has 0 saturated heterocycles. The third-order valence-electron chi connectivity index (χ3n) is 3.86. The monoisotopic (exact) mass is 300 g/mol. The standard InChI is InChI=1S/C19H16N4/c1-5-16(18-20-9-10-21-18)6-2-14(1)13-15-3-7-17(8-4-15)19-22-11-12-23-19/h1-12H,13H2,(H,20,21)(H,22,23). The Morgan fingerprint density at radius 3 is 1.39 bits per heavy atom. The van der Waals surface area contributed by atoms with Crippen LogP contribution in [0.25, 0.3) is 22.8 Å². The minimum Gasteiger partial charge on any atom is -0.345 e. The first-order valence-electron chi connectivity index (χ1n) is 7.56. The molecule has 4 rings (SSSR count). The summed E-state index contributed by atoms with van der Waals surface area (Å²) >= 11 is 0. The Labute approximate surface area is 134 Å². The number of H-pyrrole nitrogens is 2. The van der Waals surface area contributed by atoms with E-state index in [1.54, 1.807) is 12.4 Å². The van der Waals surface area contributed by atoms with E-state index < -0.39 is 0 Å². The number of aromatic amines is 2. The summed E-state index contributed by atoms with van der Waals surface area (Å²) in [5.41, 5.74) is 4.77. The van der Waals surface area contributed by atoms with Crippen LogP contribution in [-0.2, 0) is 6.42 Å². The SMILES string of the molecule is c1c[nH]c(-c2ccc(Cc3ccc(-c4ncc[nH]4)cc3)cc2)n1. The summed E-state index contributed by atoms with van der Waals surface area (Å²) < 4.78 is 0. The number of imidazole rings is 2. The highest BCUT2D eigenvalue weighted by Gasteiger charge is 2.03. The first-order chi connectivity index (χ1) is 11.4. The number of hydrogen-bond donors (Lipinski definition) is 2. The molecule has 4 heteroatoms. The summed E-state index contributed by atoms with van der Waals surface area (Å²) in [5.74, 6) is 1.80. The van der Waals surface area contributed by atoms with Crippen LogP contribution < -0.4 is 0 Å². The molecule has 112 valence electrons. The van der Waals surface area contributed by atoms with E-state index in [-0.39, 0.29) is 0 Å². The van der Waals surface area contributed by atoms with Crippen LogP contribution in [0, 0.1) is 0 Å². The molecule has 0 saturated carbocycles. The van der Waals surface area contributed by atoms with Crippen molar-refractivity contribution in [2.75, 3.05) is 0 Å². The molecule has 0 aliphatic rings. The number of benzene rings is 2. The van der Waals surface area contributed by atoms with Crippen molar-refractivity contribution in [3.63, 3.8) is 0 Å². The van der Waals surface area contributed by atoms with Gasteiger partial charge < -0.3 is 9.97 Å². The van der Waals surface area contributed by atoms with Crippen LogP contribution in [0.15, 0.2) is 73.3 Å². The lowest BCUT2D eigenvalue weighted by Crippen LogP contribution is -1.89. The fourth-order valence-electron chi connectivity index (χ4n) is 2.64. The van der Waals surface area contributed by atoms with Crippen molar-refractivity contribution in [3.05, 3.63) is 84.4 Å². The zero-order valence-electron chi connectivity index (χ0n) is 12.5. The van der Waals surface area contributed by atoms with Crippen molar-refractivity contribution in [1.82, 2.24) is 19.9 Å². The molecule has 4 aromatic rings. The Kier molecular flexibility index (Phi) is 3.48. The zero-order chi connectivity index (χ0) is 15.5. The maximum Gasteiger partial charge on any atom is 0.137 e. The number of rotatable bonds is 4. The van der Waals surface area contributed by atoms with Crippen molar-refractivity contribution in [1.29, 1.82) is 0 Å². The van der Waals surface area contributed by atoms with E-state index in [1.165, 1.54) is 11.1 Å². The Bertz CT molecular complexity index is 783. The quantitative estimate of drug-likeness (QED) is 0.597. The highest BCUT2D eigenvalue weighted by Crippen LogP contribution is 2.19. The van der Waals surface area contributed by atoms with Gasteiger partial charge in [-0.2, -0.15) is 0 Å². The van der Waals surface area contributed by atoms with Gasteiger partial charge >= 0.3 is 0 Å². The molecule has 23 heavy (non-hydrogen) atoms. The molecular weight excluding hydrogens is 284 g/mol. The molecule has 2 aromatic carbocycles. The van der Waals surface area contributed by atoms with Gasteiger partial charge in [-0.05, 0) is 17.5 Å². The summed E-state index contributed by atoms with van der Waals surface area (Å²) in [6.45, 7) is 0. The molecule has 0 unspecified atom stereocenters. The van der Waals surface area contributed by atoms with Crippen LogP contribution in [0.4, 0.5) is 0 Å². The van der Waals surface area contributed by atoms with Gasteiger partial charge in [0.1, 0.15) is 11.6 Å². The number of nitrogens with zero attached hydrogens (tertiary/aromatic N) is 2. The molecule has 0 bridgehead atoms. The largest absolute Gasteiger partial charge is 0.345 e. The van der Waals surface area contributed by atoms with Crippen molar-refractivity contribution in [2.45, 2.75) is 6.42 Å². The first-order valence-corrected chi connectivity index (χ1v) is 7.56. The third-order valence-corrected chi connectivity index (χ3v) is 3.86. The van der Waals surface area contributed by atoms with E-state index >= 15 is 0 Å². The number of hydrogen-bond acceptors (Lipinski definition) is 2.